The molecule has 0 bridgehead atoms. The highest BCUT2D eigenvalue weighted by atomic mass is 16.5. The van der Waals surface area contributed by atoms with Gasteiger partial charge in [-0.05, 0) is 13.8 Å². The van der Waals surface area contributed by atoms with Gasteiger partial charge in [0.15, 0.2) is 0 Å². The zero-order chi connectivity index (χ0) is 6.15. The van der Waals surface area contributed by atoms with E-state index in [2.05, 4.69) is 11.7 Å². The first-order valence-electron chi connectivity index (χ1n) is 2.45. The maximum Gasteiger partial charge on any atom is 0.313 e. The van der Waals surface area contributed by atoms with Crippen LogP contribution in [0.5, 0.6) is 0 Å². The summed E-state index contributed by atoms with van der Waals surface area (Å²) < 4.78 is 4.68. The van der Waals surface area contributed by atoms with Crippen LogP contribution in [-0.4, -0.2) is 12.1 Å². The number of carbonyl (C=O) groups is 1. The van der Waals surface area contributed by atoms with Crippen molar-refractivity contribution in [1.29, 1.82) is 0 Å². The Morgan fingerprint density at radius 1 is 1.88 bits per heavy atom. The Hall–Kier alpha value is -0.530. The highest BCUT2D eigenvalue weighted by molar-refractivity contribution is 5.90. The number of cyclic esters (lactones) is 1. The van der Waals surface area contributed by atoms with Gasteiger partial charge in [0.2, 0.25) is 0 Å². The molecule has 1 atom stereocenters. The van der Waals surface area contributed by atoms with Crippen LogP contribution >= 0.6 is 0 Å². The summed E-state index contributed by atoms with van der Waals surface area (Å²) in [6.07, 6.45) is 1.62. The van der Waals surface area contributed by atoms with Crippen LogP contribution in [0.25, 0.3) is 0 Å². The first-order valence-corrected chi connectivity index (χ1v) is 2.45. The molecule has 43 valence electrons. The molecule has 8 heavy (non-hydrogen) atoms. The molecule has 0 amide bonds. The van der Waals surface area contributed by atoms with E-state index in [-0.39, 0.29) is 12.1 Å². The summed E-state index contributed by atoms with van der Waals surface area (Å²) in [7, 11) is 0. The first-order chi connectivity index (χ1) is 3.70. The van der Waals surface area contributed by atoms with Crippen molar-refractivity contribution >= 4 is 5.97 Å². The summed E-state index contributed by atoms with van der Waals surface area (Å²) in [6, 6.07) is 0. The summed E-state index contributed by atoms with van der Waals surface area (Å²) >= 11 is 0. The molecule has 2 heteroatoms. The van der Waals surface area contributed by atoms with E-state index in [1.165, 1.54) is 0 Å². The predicted octanol–water partition coefficient (Wildman–Crippen LogP) is 0.545. The monoisotopic (exact) mass is 111 g/mol. The lowest BCUT2D eigenvalue weighted by molar-refractivity contribution is -0.139. The van der Waals surface area contributed by atoms with Gasteiger partial charge in [0.05, 0.1) is 5.92 Å². The molecule has 0 aliphatic carbocycles. The highest BCUT2D eigenvalue weighted by Crippen LogP contribution is 2.19. The fourth-order valence-electron chi connectivity index (χ4n) is 0.630. The summed E-state index contributed by atoms with van der Waals surface area (Å²) in [5.74, 6) is 0.176. The van der Waals surface area contributed by atoms with Gasteiger partial charge in [-0.1, -0.05) is 0 Å². The average Bonchev–Trinajstić information content (AvgIpc) is 1.85. The van der Waals surface area contributed by atoms with Gasteiger partial charge in [-0.3, -0.25) is 4.79 Å². The van der Waals surface area contributed by atoms with Crippen molar-refractivity contribution in [3.8, 4) is 0 Å². The lowest BCUT2D eigenvalue weighted by atomic mass is 10.1. The second-order valence-electron chi connectivity index (χ2n) is 1.80. The SMILES string of the molecule is [CH2][C]1[CH]C(C)OC1=O. The zero-order valence-corrected chi connectivity index (χ0v) is 4.68. The first kappa shape index (κ1) is 5.60. The summed E-state index contributed by atoms with van der Waals surface area (Å²) in [5, 5.41) is 0. The van der Waals surface area contributed by atoms with Gasteiger partial charge in [-0.2, -0.15) is 0 Å². The minimum atomic E-state index is -0.294. The Bertz CT molecular complexity index is 109. The Kier molecular flexibility index (Phi) is 1.24. The van der Waals surface area contributed by atoms with Crippen molar-refractivity contribution in [3.63, 3.8) is 0 Å². The lowest BCUT2D eigenvalue weighted by Gasteiger charge is -1.95. The van der Waals surface area contributed by atoms with Crippen molar-refractivity contribution in [2.45, 2.75) is 13.0 Å². The van der Waals surface area contributed by atoms with E-state index in [0.29, 0.717) is 5.92 Å². The summed E-state index contributed by atoms with van der Waals surface area (Å²) in [4.78, 5) is 10.4. The van der Waals surface area contributed by atoms with E-state index >= 15 is 0 Å². The number of esters is 1. The number of hydrogen-bond donors (Lipinski definition) is 0. The molecule has 0 aromatic carbocycles. The topological polar surface area (TPSA) is 26.3 Å². The molecule has 0 aromatic heterocycles. The van der Waals surface area contributed by atoms with Crippen molar-refractivity contribution in [1.82, 2.24) is 0 Å². The number of rotatable bonds is 0. The van der Waals surface area contributed by atoms with Gasteiger partial charge >= 0.3 is 5.97 Å². The minimum absolute atomic E-state index is 0.0741. The van der Waals surface area contributed by atoms with Crippen LogP contribution < -0.4 is 0 Å². The minimum Gasteiger partial charge on any atom is -0.462 e. The van der Waals surface area contributed by atoms with Crippen LogP contribution in [0.15, 0.2) is 0 Å². The normalized spacial score (nSPS) is 30.8. The maximum absolute atomic E-state index is 10.4. The molecule has 1 saturated heterocycles. The van der Waals surface area contributed by atoms with Gasteiger partial charge in [-0.25, -0.2) is 0 Å². The molecule has 1 heterocycles. The smallest absolute Gasteiger partial charge is 0.313 e. The van der Waals surface area contributed by atoms with Gasteiger partial charge in [0, 0.05) is 6.42 Å². The van der Waals surface area contributed by atoms with Crippen molar-refractivity contribution in [2.24, 2.45) is 0 Å². The third-order valence-electron chi connectivity index (χ3n) is 0.991. The maximum atomic E-state index is 10.4. The van der Waals surface area contributed by atoms with Crippen LogP contribution in [0, 0.1) is 19.3 Å². The third kappa shape index (κ3) is 0.831. The molecule has 1 fully saturated rings. The average molecular weight is 111 g/mol. The van der Waals surface area contributed by atoms with Crippen LogP contribution in [0.1, 0.15) is 6.92 Å². The molecule has 3 radical (unpaired) electrons. The molecular weight excluding hydrogens is 104 g/mol. The van der Waals surface area contributed by atoms with Crippen molar-refractivity contribution in [2.75, 3.05) is 0 Å². The Morgan fingerprint density at radius 3 is 2.62 bits per heavy atom. The van der Waals surface area contributed by atoms with Crippen LogP contribution in [0.3, 0.4) is 0 Å². The van der Waals surface area contributed by atoms with Gasteiger partial charge in [0.1, 0.15) is 6.10 Å². The largest absolute Gasteiger partial charge is 0.462 e. The molecule has 0 aromatic rings. The molecule has 1 aliphatic heterocycles. The van der Waals surface area contributed by atoms with E-state index in [0.717, 1.165) is 0 Å². The fraction of sp³-hybridized carbons (Fsp3) is 0.333. The third-order valence-corrected chi connectivity index (χ3v) is 0.991. The number of hydrogen-bond acceptors (Lipinski definition) is 2. The molecule has 0 saturated carbocycles. The summed E-state index contributed by atoms with van der Waals surface area (Å²) in [5.41, 5.74) is 0. The van der Waals surface area contributed by atoms with Crippen molar-refractivity contribution < 1.29 is 9.53 Å². The molecule has 0 N–H and O–H groups in total. The molecule has 1 aliphatic rings. The van der Waals surface area contributed by atoms with Crippen LogP contribution in [0.2, 0.25) is 0 Å². The predicted molar refractivity (Wildman–Crippen MR) is 28.5 cm³/mol. The number of ether oxygens (including phenoxy) is 1. The Morgan fingerprint density at radius 2 is 2.50 bits per heavy atom. The molecule has 0 spiro atoms. The number of carbonyl (C=O) groups excluding carboxylic acids is 1. The Balaban J connectivity index is 2.51. The van der Waals surface area contributed by atoms with E-state index in [1.807, 2.05) is 0 Å². The van der Waals surface area contributed by atoms with Crippen LogP contribution in [-0.2, 0) is 9.53 Å². The highest BCUT2D eigenvalue weighted by Gasteiger charge is 2.28. The lowest BCUT2D eigenvalue weighted by Crippen LogP contribution is -2.01. The molecule has 1 unspecified atom stereocenters. The second-order valence-corrected chi connectivity index (χ2v) is 1.80. The van der Waals surface area contributed by atoms with E-state index < -0.39 is 0 Å². The van der Waals surface area contributed by atoms with Crippen molar-refractivity contribution in [3.05, 3.63) is 19.3 Å². The molecule has 1 rings (SSSR count). The quantitative estimate of drug-likeness (QED) is 0.426. The Labute approximate surface area is 48.8 Å². The van der Waals surface area contributed by atoms with Gasteiger partial charge in [-0.15, -0.1) is 0 Å². The van der Waals surface area contributed by atoms with Gasteiger partial charge in [0.25, 0.3) is 0 Å². The summed E-state index contributed by atoms with van der Waals surface area (Å²) in [6.45, 7) is 5.26. The second kappa shape index (κ2) is 1.77. The van der Waals surface area contributed by atoms with E-state index in [4.69, 9.17) is 0 Å². The molecule has 2 nitrogen and oxygen atoms in total. The van der Waals surface area contributed by atoms with Gasteiger partial charge < -0.3 is 4.74 Å². The standard InChI is InChI=1S/C6H7O2/c1-4-3-5(2)8-6(4)7/h3,5H,1H2,2H3. The van der Waals surface area contributed by atoms with Crippen LogP contribution in [0.4, 0.5) is 0 Å². The fourth-order valence-corrected chi connectivity index (χ4v) is 0.630. The van der Waals surface area contributed by atoms with E-state index in [1.54, 1.807) is 13.3 Å². The van der Waals surface area contributed by atoms with E-state index in [9.17, 15) is 4.79 Å². The molecular formula is C6H7O2. The zero-order valence-electron chi connectivity index (χ0n) is 4.68.